The molecule has 7 heteroatoms. The standard InChI is InChI=1S/C14H11F2NO4/c15-11-3-2-10(12(16)6-11)8-21-14-4-1-9(7-18)5-13(14)17(19)20/h1-6,18H,7-8H2. The molecule has 0 heterocycles. The van der Waals surface area contributed by atoms with Crippen LogP contribution in [0.3, 0.4) is 0 Å². The topological polar surface area (TPSA) is 72.6 Å². The molecule has 0 atom stereocenters. The van der Waals surface area contributed by atoms with Crippen LogP contribution >= 0.6 is 0 Å². The van der Waals surface area contributed by atoms with Gasteiger partial charge in [-0.15, -0.1) is 0 Å². The highest BCUT2D eigenvalue weighted by Crippen LogP contribution is 2.29. The van der Waals surface area contributed by atoms with Gasteiger partial charge in [0.05, 0.1) is 11.5 Å². The average Bonchev–Trinajstić information content (AvgIpc) is 2.46. The molecule has 0 unspecified atom stereocenters. The minimum Gasteiger partial charge on any atom is -0.482 e. The lowest BCUT2D eigenvalue weighted by Gasteiger charge is -2.08. The number of rotatable bonds is 5. The molecule has 2 rings (SSSR count). The Morgan fingerprint density at radius 1 is 1.19 bits per heavy atom. The van der Waals surface area contributed by atoms with Crippen molar-refractivity contribution in [2.24, 2.45) is 0 Å². The first-order chi connectivity index (χ1) is 10.0. The summed E-state index contributed by atoms with van der Waals surface area (Å²) in [5.41, 5.74) is 0.114. The largest absolute Gasteiger partial charge is 0.482 e. The summed E-state index contributed by atoms with van der Waals surface area (Å²) in [5.74, 6) is -1.56. The van der Waals surface area contributed by atoms with Crippen molar-refractivity contribution < 1.29 is 23.5 Å². The van der Waals surface area contributed by atoms with E-state index < -0.39 is 16.6 Å². The number of ether oxygens (including phenoxy) is 1. The molecule has 2 aromatic rings. The van der Waals surface area contributed by atoms with E-state index in [-0.39, 0.29) is 30.2 Å². The quantitative estimate of drug-likeness (QED) is 0.680. The van der Waals surface area contributed by atoms with E-state index >= 15 is 0 Å². The van der Waals surface area contributed by atoms with E-state index in [1.165, 1.54) is 24.3 Å². The molecule has 0 bridgehead atoms. The fourth-order valence-electron chi connectivity index (χ4n) is 1.72. The number of benzene rings is 2. The molecule has 0 fully saturated rings. The maximum absolute atomic E-state index is 13.4. The van der Waals surface area contributed by atoms with Gasteiger partial charge in [0.25, 0.3) is 0 Å². The van der Waals surface area contributed by atoms with Crippen LogP contribution in [0.5, 0.6) is 5.75 Å². The lowest BCUT2D eigenvalue weighted by molar-refractivity contribution is -0.386. The zero-order chi connectivity index (χ0) is 15.4. The summed E-state index contributed by atoms with van der Waals surface area (Å²) < 4.78 is 31.4. The Balaban J connectivity index is 2.21. The predicted molar refractivity (Wildman–Crippen MR) is 69.7 cm³/mol. The van der Waals surface area contributed by atoms with Gasteiger partial charge in [-0.1, -0.05) is 6.07 Å². The summed E-state index contributed by atoms with van der Waals surface area (Å²) in [6.45, 7) is -0.612. The predicted octanol–water partition coefficient (Wildman–Crippen LogP) is 2.94. The van der Waals surface area contributed by atoms with Crippen LogP contribution in [0, 0.1) is 21.7 Å². The average molecular weight is 295 g/mol. The summed E-state index contributed by atoms with van der Waals surface area (Å²) in [6.07, 6.45) is 0. The van der Waals surface area contributed by atoms with Gasteiger partial charge in [-0.2, -0.15) is 0 Å². The zero-order valence-corrected chi connectivity index (χ0v) is 10.8. The van der Waals surface area contributed by atoms with Crippen LogP contribution in [0.15, 0.2) is 36.4 Å². The Morgan fingerprint density at radius 3 is 2.57 bits per heavy atom. The highest BCUT2D eigenvalue weighted by atomic mass is 19.1. The minimum absolute atomic E-state index is 0.0547. The first-order valence-electron chi connectivity index (χ1n) is 5.96. The summed E-state index contributed by atoms with van der Waals surface area (Å²) in [7, 11) is 0. The van der Waals surface area contributed by atoms with Crippen LogP contribution in [0.1, 0.15) is 11.1 Å². The van der Waals surface area contributed by atoms with Crippen LogP contribution in [0.2, 0.25) is 0 Å². The van der Waals surface area contributed by atoms with Gasteiger partial charge < -0.3 is 9.84 Å². The second kappa shape index (κ2) is 6.27. The van der Waals surface area contributed by atoms with Gasteiger partial charge in [0.15, 0.2) is 5.75 Å². The van der Waals surface area contributed by atoms with Gasteiger partial charge in [-0.05, 0) is 23.8 Å². The summed E-state index contributed by atoms with van der Waals surface area (Å²) >= 11 is 0. The molecule has 0 aliphatic rings. The van der Waals surface area contributed by atoms with Crippen LogP contribution in [0.25, 0.3) is 0 Å². The molecule has 0 aromatic heterocycles. The van der Waals surface area contributed by atoms with Crippen molar-refractivity contribution in [1.82, 2.24) is 0 Å². The van der Waals surface area contributed by atoms with Crippen LogP contribution in [-0.4, -0.2) is 10.0 Å². The third-order valence-corrected chi connectivity index (χ3v) is 2.80. The third-order valence-electron chi connectivity index (χ3n) is 2.80. The van der Waals surface area contributed by atoms with Crippen LogP contribution in [-0.2, 0) is 13.2 Å². The lowest BCUT2D eigenvalue weighted by Crippen LogP contribution is -2.02. The van der Waals surface area contributed by atoms with Gasteiger partial charge in [-0.25, -0.2) is 8.78 Å². The number of nitro groups is 1. The molecule has 2 aromatic carbocycles. The minimum atomic E-state index is -0.787. The number of hydrogen-bond donors (Lipinski definition) is 1. The second-order valence-corrected chi connectivity index (χ2v) is 4.24. The Morgan fingerprint density at radius 2 is 1.95 bits per heavy atom. The third kappa shape index (κ3) is 3.51. The van der Waals surface area contributed by atoms with Crippen molar-refractivity contribution in [2.45, 2.75) is 13.2 Å². The highest BCUT2D eigenvalue weighted by Gasteiger charge is 2.16. The van der Waals surface area contributed by atoms with E-state index in [0.29, 0.717) is 11.6 Å². The molecule has 0 spiro atoms. The highest BCUT2D eigenvalue weighted by molar-refractivity contribution is 5.48. The summed E-state index contributed by atoms with van der Waals surface area (Å²) in [6, 6.07) is 6.95. The molecular weight excluding hydrogens is 284 g/mol. The van der Waals surface area contributed by atoms with E-state index in [2.05, 4.69) is 0 Å². The van der Waals surface area contributed by atoms with Crippen molar-refractivity contribution in [3.05, 3.63) is 69.3 Å². The van der Waals surface area contributed by atoms with E-state index in [1.54, 1.807) is 0 Å². The van der Waals surface area contributed by atoms with E-state index in [9.17, 15) is 18.9 Å². The smallest absolute Gasteiger partial charge is 0.311 e. The number of hydrogen-bond acceptors (Lipinski definition) is 4. The summed E-state index contributed by atoms with van der Waals surface area (Å²) in [4.78, 5) is 10.3. The molecule has 0 aliphatic carbocycles. The second-order valence-electron chi connectivity index (χ2n) is 4.24. The number of aliphatic hydroxyl groups is 1. The van der Waals surface area contributed by atoms with E-state index in [0.717, 1.165) is 6.07 Å². The Hall–Kier alpha value is -2.54. The van der Waals surface area contributed by atoms with Crippen molar-refractivity contribution >= 4 is 5.69 Å². The number of halogens is 2. The first-order valence-corrected chi connectivity index (χ1v) is 5.96. The first kappa shape index (κ1) is 14.9. The number of nitro benzene ring substituents is 1. The van der Waals surface area contributed by atoms with Gasteiger partial charge in [0, 0.05) is 17.7 Å². The number of aliphatic hydroxyl groups excluding tert-OH is 1. The molecule has 0 aliphatic heterocycles. The molecule has 0 saturated heterocycles. The fourth-order valence-corrected chi connectivity index (χ4v) is 1.72. The molecule has 0 amide bonds. The van der Waals surface area contributed by atoms with Gasteiger partial charge >= 0.3 is 5.69 Å². The molecular formula is C14H11F2NO4. The summed E-state index contributed by atoms with van der Waals surface area (Å²) in [5, 5.41) is 19.9. The maximum Gasteiger partial charge on any atom is 0.311 e. The van der Waals surface area contributed by atoms with E-state index in [1.807, 2.05) is 0 Å². The molecule has 110 valence electrons. The van der Waals surface area contributed by atoms with E-state index in [4.69, 9.17) is 9.84 Å². The van der Waals surface area contributed by atoms with Gasteiger partial charge in [0.2, 0.25) is 0 Å². The van der Waals surface area contributed by atoms with Crippen molar-refractivity contribution in [2.75, 3.05) is 0 Å². The maximum atomic E-state index is 13.4. The Bertz CT molecular complexity index is 676. The Kier molecular flexibility index (Phi) is 4.44. The molecule has 21 heavy (non-hydrogen) atoms. The van der Waals surface area contributed by atoms with Crippen molar-refractivity contribution in [3.8, 4) is 5.75 Å². The normalized spacial score (nSPS) is 10.4. The lowest BCUT2D eigenvalue weighted by atomic mass is 10.2. The monoisotopic (exact) mass is 295 g/mol. The van der Waals surface area contributed by atoms with Crippen molar-refractivity contribution in [3.63, 3.8) is 0 Å². The molecule has 5 nitrogen and oxygen atoms in total. The fraction of sp³-hybridized carbons (Fsp3) is 0.143. The molecule has 0 saturated carbocycles. The van der Waals surface area contributed by atoms with Gasteiger partial charge in [-0.3, -0.25) is 10.1 Å². The van der Waals surface area contributed by atoms with Gasteiger partial charge in [0.1, 0.15) is 18.2 Å². The van der Waals surface area contributed by atoms with Crippen LogP contribution < -0.4 is 4.74 Å². The van der Waals surface area contributed by atoms with Crippen molar-refractivity contribution in [1.29, 1.82) is 0 Å². The zero-order valence-electron chi connectivity index (χ0n) is 10.8. The van der Waals surface area contributed by atoms with Crippen LogP contribution in [0.4, 0.5) is 14.5 Å². The Labute approximate surface area is 118 Å². The SMILES string of the molecule is O=[N+]([O-])c1cc(CO)ccc1OCc1ccc(F)cc1F. The molecule has 0 radical (unpaired) electrons. The number of nitrogens with zero attached hydrogens (tertiary/aromatic N) is 1. The molecule has 1 N–H and O–H groups in total.